The zero-order valence-electron chi connectivity index (χ0n) is 25.0. The summed E-state index contributed by atoms with van der Waals surface area (Å²) in [4.78, 5) is 13.1. The minimum absolute atomic E-state index is 0.0154. The van der Waals surface area contributed by atoms with Crippen LogP contribution in [-0.4, -0.2) is 19.7 Å². The minimum atomic E-state index is -0.620. The molecular weight excluding hydrogens is 544 g/mol. The number of furan rings is 1. The average molecular weight is 581 g/mol. The number of aryl methyl sites for hydroxylation is 2. The molecule has 8 nitrogen and oxygen atoms in total. The molecule has 43 heavy (non-hydrogen) atoms. The molecule has 2 N–H and O–H groups in total. The van der Waals surface area contributed by atoms with E-state index in [4.69, 9.17) is 29.1 Å². The van der Waals surface area contributed by atoms with Crippen molar-refractivity contribution in [2.45, 2.75) is 58.8 Å². The molecule has 2 heterocycles. The van der Waals surface area contributed by atoms with E-state index in [0.29, 0.717) is 40.6 Å². The van der Waals surface area contributed by atoms with Gasteiger partial charge >= 0.3 is 5.97 Å². The number of nitriles is 1. The number of benzene rings is 3. The molecule has 1 aliphatic heterocycles. The summed E-state index contributed by atoms with van der Waals surface area (Å²) in [5.74, 6) is 0.834. The second-order valence-corrected chi connectivity index (χ2v) is 10.7. The van der Waals surface area contributed by atoms with E-state index in [1.165, 1.54) is 19.3 Å². The number of rotatable bonds is 11. The van der Waals surface area contributed by atoms with Gasteiger partial charge in [0.25, 0.3) is 0 Å². The topological polar surface area (TPSA) is 117 Å². The number of nitrogens with two attached hydrogens (primary N) is 1. The van der Waals surface area contributed by atoms with Crippen molar-refractivity contribution >= 4 is 16.9 Å². The number of carbonyl (C=O) groups is 1. The van der Waals surface area contributed by atoms with Crippen LogP contribution in [-0.2, 0) is 0 Å². The van der Waals surface area contributed by atoms with Crippen LogP contribution >= 0.6 is 0 Å². The lowest BCUT2D eigenvalue weighted by Gasteiger charge is -2.27. The summed E-state index contributed by atoms with van der Waals surface area (Å²) in [7, 11) is 1.59. The number of allylic oxidation sites excluding steroid dienone is 1. The molecule has 5 rings (SSSR count). The number of esters is 1. The highest BCUT2D eigenvalue weighted by molar-refractivity contribution is 5.97. The molecule has 8 heteroatoms. The largest absolute Gasteiger partial charge is 0.493 e. The van der Waals surface area contributed by atoms with Crippen molar-refractivity contribution in [2.24, 2.45) is 5.73 Å². The van der Waals surface area contributed by atoms with Gasteiger partial charge in [0.2, 0.25) is 11.6 Å². The van der Waals surface area contributed by atoms with Crippen molar-refractivity contribution in [3.63, 3.8) is 0 Å². The van der Waals surface area contributed by atoms with Crippen LogP contribution in [0.2, 0.25) is 0 Å². The number of methoxy groups -OCH3 is 1. The number of nitrogens with zero attached hydrogens (tertiary/aromatic N) is 1. The number of fused-ring (bicyclic) bond motifs is 2. The number of unbranched alkanes of at least 4 members (excludes halogenated alkanes) is 4. The zero-order chi connectivity index (χ0) is 30.5. The lowest BCUT2D eigenvalue weighted by atomic mass is 9.83. The molecular formula is C35H36N2O6. The second kappa shape index (κ2) is 13.0. The number of ether oxygens (including phenoxy) is 4. The Bertz CT molecular complexity index is 1730. The maximum absolute atomic E-state index is 13.1. The zero-order valence-corrected chi connectivity index (χ0v) is 25.0. The van der Waals surface area contributed by atoms with Gasteiger partial charge in [-0.15, -0.1) is 0 Å². The molecule has 0 spiro atoms. The van der Waals surface area contributed by atoms with Crippen molar-refractivity contribution < 1.29 is 28.2 Å². The normalized spacial score (nSPS) is 14.2. The van der Waals surface area contributed by atoms with Crippen LogP contribution in [0.1, 0.15) is 77.8 Å². The quantitative estimate of drug-likeness (QED) is 0.108. The van der Waals surface area contributed by atoms with Crippen molar-refractivity contribution in [2.75, 3.05) is 13.7 Å². The molecule has 0 saturated heterocycles. The first-order valence-corrected chi connectivity index (χ1v) is 14.6. The summed E-state index contributed by atoms with van der Waals surface area (Å²) in [6.45, 7) is 6.58. The first-order chi connectivity index (χ1) is 20.8. The molecule has 0 saturated carbocycles. The fraction of sp³-hybridized carbons (Fsp3) is 0.314. The van der Waals surface area contributed by atoms with E-state index in [0.717, 1.165) is 29.4 Å². The van der Waals surface area contributed by atoms with Gasteiger partial charge in [0.05, 0.1) is 19.6 Å². The highest BCUT2D eigenvalue weighted by Crippen LogP contribution is 2.45. The Kier molecular flexibility index (Phi) is 8.91. The van der Waals surface area contributed by atoms with Gasteiger partial charge in [0, 0.05) is 22.6 Å². The summed E-state index contributed by atoms with van der Waals surface area (Å²) in [5, 5.41) is 10.9. The first kappa shape index (κ1) is 29.6. The van der Waals surface area contributed by atoms with Crippen molar-refractivity contribution in [1.82, 2.24) is 0 Å². The standard InChI is InChI=1S/C35H36N2O6/c1-5-6-7-8-9-16-40-28-15-11-23(18-31(28)39-4)32-26-14-12-24(19-30(26)43-34(37)27(32)20-36)41-35(38)33-22(3)25-13-10-21(2)17-29(25)42-33/h10-15,17-19,32H,5-9,16,37H2,1-4H3. The fourth-order valence-corrected chi connectivity index (χ4v) is 5.39. The number of hydrogen-bond donors (Lipinski definition) is 1. The SMILES string of the molecule is CCCCCCCOc1ccc(C2C(C#N)=C(N)Oc3cc(OC(=O)c4oc5cc(C)ccc5c4C)ccc32)cc1OC. The van der Waals surface area contributed by atoms with Crippen LogP contribution in [0.15, 0.2) is 70.5 Å². The molecule has 1 atom stereocenters. The third-order valence-corrected chi connectivity index (χ3v) is 7.71. The van der Waals surface area contributed by atoms with E-state index < -0.39 is 11.9 Å². The van der Waals surface area contributed by atoms with E-state index in [-0.39, 0.29) is 23.0 Å². The van der Waals surface area contributed by atoms with Crippen LogP contribution < -0.4 is 24.7 Å². The monoisotopic (exact) mass is 580 g/mol. The number of hydrogen-bond acceptors (Lipinski definition) is 8. The van der Waals surface area contributed by atoms with Gasteiger partial charge in [-0.3, -0.25) is 0 Å². The van der Waals surface area contributed by atoms with Crippen LogP contribution in [0.4, 0.5) is 0 Å². The number of carbonyl (C=O) groups excluding carboxylic acids is 1. The maximum Gasteiger partial charge on any atom is 0.379 e. The Balaban J connectivity index is 1.39. The average Bonchev–Trinajstić information content (AvgIpc) is 3.33. The molecule has 0 radical (unpaired) electrons. The van der Waals surface area contributed by atoms with Gasteiger partial charge in [-0.2, -0.15) is 5.26 Å². The Hall–Kier alpha value is -4.90. The molecule has 0 aliphatic carbocycles. The molecule has 3 aromatic carbocycles. The smallest absolute Gasteiger partial charge is 0.379 e. The predicted octanol–water partition coefficient (Wildman–Crippen LogP) is 7.84. The van der Waals surface area contributed by atoms with Crippen molar-refractivity contribution in [1.29, 1.82) is 5.26 Å². The van der Waals surface area contributed by atoms with Crippen molar-refractivity contribution in [3.8, 4) is 29.1 Å². The molecule has 1 unspecified atom stereocenters. The predicted molar refractivity (Wildman–Crippen MR) is 164 cm³/mol. The van der Waals surface area contributed by atoms with Gasteiger partial charge in [0.1, 0.15) is 28.7 Å². The van der Waals surface area contributed by atoms with E-state index in [9.17, 15) is 10.1 Å². The van der Waals surface area contributed by atoms with Gasteiger partial charge in [-0.05, 0) is 55.7 Å². The van der Waals surface area contributed by atoms with Crippen molar-refractivity contribution in [3.05, 3.63) is 94.1 Å². The lowest BCUT2D eigenvalue weighted by Crippen LogP contribution is -2.21. The Labute approximate surface area is 251 Å². The Morgan fingerprint density at radius 3 is 2.58 bits per heavy atom. The summed E-state index contributed by atoms with van der Waals surface area (Å²) >= 11 is 0. The summed E-state index contributed by atoms with van der Waals surface area (Å²) in [6.07, 6.45) is 5.72. The highest BCUT2D eigenvalue weighted by Gasteiger charge is 2.32. The van der Waals surface area contributed by atoms with Crippen LogP contribution in [0.5, 0.6) is 23.0 Å². The second-order valence-electron chi connectivity index (χ2n) is 10.7. The molecule has 1 aliphatic rings. The third kappa shape index (κ3) is 6.17. The molecule has 4 aromatic rings. The molecule has 0 amide bonds. The summed E-state index contributed by atoms with van der Waals surface area (Å²) < 4.78 is 29.0. The van der Waals surface area contributed by atoms with Crippen LogP contribution in [0.3, 0.4) is 0 Å². The molecule has 0 bridgehead atoms. The van der Waals surface area contributed by atoms with Gasteiger partial charge in [-0.1, -0.05) is 56.9 Å². The first-order valence-electron chi connectivity index (χ1n) is 14.6. The Morgan fingerprint density at radius 1 is 1.00 bits per heavy atom. The maximum atomic E-state index is 13.1. The molecule has 222 valence electrons. The third-order valence-electron chi connectivity index (χ3n) is 7.71. The fourth-order valence-electron chi connectivity index (χ4n) is 5.39. The van der Waals surface area contributed by atoms with Gasteiger partial charge < -0.3 is 29.1 Å². The minimum Gasteiger partial charge on any atom is -0.493 e. The Morgan fingerprint density at radius 2 is 1.81 bits per heavy atom. The van der Waals surface area contributed by atoms with E-state index in [2.05, 4.69) is 13.0 Å². The van der Waals surface area contributed by atoms with Crippen LogP contribution in [0.25, 0.3) is 11.0 Å². The lowest BCUT2D eigenvalue weighted by molar-refractivity contribution is 0.0702. The van der Waals surface area contributed by atoms with Crippen LogP contribution in [0, 0.1) is 25.2 Å². The van der Waals surface area contributed by atoms with Gasteiger partial charge in [-0.25, -0.2) is 4.79 Å². The summed E-state index contributed by atoms with van der Waals surface area (Å²) in [6, 6.07) is 18.6. The van der Waals surface area contributed by atoms with E-state index >= 15 is 0 Å². The summed E-state index contributed by atoms with van der Waals surface area (Å²) in [5.41, 5.74) is 10.3. The van der Waals surface area contributed by atoms with E-state index in [1.54, 1.807) is 25.3 Å². The highest BCUT2D eigenvalue weighted by atomic mass is 16.5. The molecule has 0 fully saturated rings. The van der Waals surface area contributed by atoms with E-state index in [1.807, 2.05) is 50.2 Å². The van der Waals surface area contributed by atoms with Gasteiger partial charge in [0.15, 0.2) is 11.5 Å². The molecule has 1 aromatic heterocycles.